The van der Waals surface area contributed by atoms with Crippen molar-refractivity contribution in [3.05, 3.63) is 101 Å². The van der Waals surface area contributed by atoms with Crippen LogP contribution in [0.5, 0.6) is 0 Å². The van der Waals surface area contributed by atoms with Crippen molar-refractivity contribution in [1.29, 1.82) is 0 Å². The van der Waals surface area contributed by atoms with E-state index in [1.54, 1.807) is 0 Å². The number of furan rings is 1. The highest BCUT2D eigenvalue weighted by molar-refractivity contribution is 7.89. The van der Waals surface area contributed by atoms with Crippen LogP contribution in [0.25, 0.3) is 11.0 Å². The molecule has 0 aliphatic rings. The number of alkyl halides is 3. The van der Waals surface area contributed by atoms with E-state index in [1.165, 1.54) is 41.6 Å². The third-order valence-corrected chi connectivity index (χ3v) is 7.71. The molecule has 0 bridgehead atoms. The molecule has 0 spiro atoms. The molecular weight excluding hydrogens is 495 g/mol. The Morgan fingerprint density at radius 2 is 1.64 bits per heavy atom. The van der Waals surface area contributed by atoms with Crippen LogP contribution in [0.3, 0.4) is 0 Å². The minimum atomic E-state index is -4.50. The number of halogens is 3. The monoisotopic (exact) mass is 517 g/mol. The first-order valence-corrected chi connectivity index (χ1v) is 12.4. The lowest BCUT2D eigenvalue weighted by Gasteiger charge is -2.23. The van der Waals surface area contributed by atoms with Gasteiger partial charge >= 0.3 is 12.1 Å². The zero-order chi connectivity index (χ0) is 26.1. The number of hydrogen-bond acceptors (Lipinski definition) is 4. The zero-order valence-corrected chi connectivity index (χ0v) is 19.9. The van der Waals surface area contributed by atoms with Gasteiger partial charge in [0.05, 0.1) is 10.5 Å². The van der Waals surface area contributed by atoms with E-state index in [1.807, 2.05) is 30.3 Å². The summed E-state index contributed by atoms with van der Waals surface area (Å²) in [5, 5.41) is 9.66. The van der Waals surface area contributed by atoms with Crippen molar-refractivity contribution in [3.63, 3.8) is 0 Å². The van der Waals surface area contributed by atoms with Gasteiger partial charge in [-0.2, -0.15) is 17.5 Å². The largest absolute Gasteiger partial charge is 0.475 e. The second kappa shape index (κ2) is 9.79. The number of carboxylic acids is 1. The number of fused-ring (bicyclic) bond motifs is 1. The lowest BCUT2D eigenvalue weighted by Crippen LogP contribution is -2.32. The number of benzene rings is 3. The minimum absolute atomic E-state index is 0.0733. The van der Waals surface area contributed by atoms with Crippen LogP contribution in [0.4, 0.5) is 13.2 Å². The van der Waals surface area contributed by atoms with E-state index in [0.29, 0.717) is 22.9 Å². The molecule has 0 atom stereocenters. The third kappa shape index (κ3) is 5.29. The van der Waals surface area contributed by atoms with Gasteiger partial charge in [0, 0.05) is 24.0 Å². The van der Waals surface area contributed by atoms with E-state index in [-0.39, 0.29) is 29.3 Å². The summed E-state index contributed by atoms with van der Waals surface area (Å²) >= 11 is 0. The molecule has 6 nitrogen and oxygen atoms in total. The fourth-order valence-electron chi connectivity index (χ4n) is 3.90. The van der Waals surface area contributed by atoms with Crippen molar-refractivity contribution in [3.8, 4) is 0 Å². The standard InChI is InChI=1S/C26H22F3NO5S/c1-17-22-15-21(11-12-23(22)35-24(17)25(31)32)36(33,34)30(14-13-18-5-3-2-4-6-18)16-19-7-9-20(10-8-19)26(27,28)29/h2-12,15H,13-14,16H2,1H3,(H,31,32). The summed E-state index contributed by atoms with van der Waals surface area (Å²) in [6.45, 7) is 1.47. The maximum Gasteiger partial charge on any atom is 0.416 e. The van der Waals surface area contributed by atoms with Crippen molar-refractivity contribution < 1.29 is 35.9 Å². The molecule has 3 aromatic carbocycles. The molecule has 4 aromatic rings. The summed E-state index contributed by atoms with van der Waals surface area (Å²) in [6.07, 6.45) is -4.11. The Morgan fingerprint density at radius 3 is 2.25 bits per heavy atom. The van der Waals surface area contributed by atoms with Gasteiger partial charge in [0.1, 0.15) is 5.58 Å². The maximum atomic E-state index is 13.7. The summed E-state index contributed by atoms with van der Waals surface area (Å²) < 4.78 is 72.8. The van der Waals surface area contributed by atoms with Crippen LogP contribution >= 0.6 is 0 Å². The fourth-order valence-corrected chi connectivity index (χ4v) is 5.35. The molecule has 0 amide bonds. The smallest absolute Gasteiger partial charge is 0.416 e. The predicted molar refractivity (Wildman–Crippen MR) is 127 cm³/mol. The van der Waals surface area contributed by atoms with Crippen molar-refractivity contribution in [2.75, 3.05) is 6.54 Å². The van der Waals surface area contributed by atoms with Crippen LogP contribution < -0.4 is 0 Å². The quantitative estimate of drug-likeness (QED) is 0.315. The van der Waals surface area contributed by atoms with E-state index in [9.17, 15) is 31.5 Å². The highest BCUT2D eigenvalue weighted by Crippen LogP contribution is 2.31. The lowest BCUT2D eigenvalue weighted by atomic mass is 10.1. The molecule has 1 aromatic heterocycles. The number of nitrogens with zero attached hydrogens (tertiary/aromatic N) is 1. The van der Waals surface area contributed by atoms with E-state index in [4.69, 9.17) is 4.42 Å². The Bertz CT molecular complexity index is 1490. The fraction of sp³-hybridized carbons (Fsp3) is 0.192. The molecule has 0 saturated heterocycles. The average Bonchev–Trinajstić information content (AvgIpc) is 3.18. The van der Waals surface area contributed by atoms with Gasteiger partial charge in [0.25, 0.3) is 0 Å². The third-order valence-electron chi connectivity index (χ3n) is 5.87. The summed E-state index contributed by atoms with van der Waals surface area (Å²) in [4.78, 5) is 11.3. The first kappa shape index (κ1) is 25.5. The summed E-state index contributed by atoms with van der Waals surface area (Å²) in [5.74, 6) is -1.54. The highest BCUT2D eigenvalue weighted by atomic mass is 32.2. The molecule has 1 N–H and O–H groups in total. The van der Waals surface area contributed by atoms with Gasteiger partial charge in [0.15, 0.2) is 0 Å². The Kier molecular flexibility index (Phi) is 6.92. The van der Waals surface area contributed by atoms with Crippen LogP contribution in [0.1, 0.15) is 32.8 Å². The molecule has 188 valence electrons. The molecular formula is C26H22F3NO5S. The highest BCUT2D eigenvalue weighted by Gasteiger charge is 2.31. The minimum Gasteiger partial charge on any atom is -0.475 e. The van der Waals surface area contributed by atoms with Crippen LogP contribution in [0.2, 0.25) is 0 Å². The second-order valence-corrected chi connectivity index (χ2v) is 10.2. The van der Waals surface area contributed by atoms with Gasteiger partial charge in [-0.15, -0.1) is 0 Å². The number of aryl methyl sites for hydroxylation is 1. The van der Waals surface area contributed by atoms with Crippen molar-refractivity contribution in [1.82, 2.24) is 4.31 Å². The van der Waals surface area contributed by atoms with Gasteiger partial charge in [-0.05, 0) is 54.8 Å². The van der Waals surface area contributed by atoms with Gasteiger partial charge in [-0.3, -0.25) is 0 Å². The summed E-state index contributed by atoms with van der Waals surface area (Å²) in [7, 11) is -4.11. The molecule has 0 aliphatic heterocycles. The van der Waals surface area contributed by atoms with Gasteiger partial charge in [-0.1, -0.05) is 42.5 Å². The number of hydrogen-bond donors (Lipinski definition) is 1. The van der Waals surface area contributed by atoms with Gasteiger partial charge < -0.3 is 9.52 Å². The van der Waals surface area contributed by atoms with Crippen LogP contribution in [-0.2, 0) is 29.2 Å². The number of sulfonamides is 1. The molecule has 10 heteroatoms. The SMILES string of the molecule is Cc1c(C(=O)O)oc2ccc(S(=O)(=O)N(CCc3ccccc3)Cc3ccc(C(F)(F)F)cc3)cc12. The molecule has 0 fully saturated rings. The molecule has 36 heavy (non-hydrogen) atoms. The molecule has 0 saturated carbocycles. The number of rotatable bonds is 8. The number of carboxylic acid groups (broad SMARTS) is 1. The van der Waals surface area contributed by atoms with Gasteiger partial charge in [-0.25, -0.2) is 13.2 Å². The molecule has 4 rings (SSSR count). The average molecular weight is 518 g/mol. The summed E-state index contributed by atoms with van der Waals surface area (Å²) in [6, 6.07) is 17.7. The van der Waals surface area contributed by atoms with Crippen molar-refractivity contribution in [2.45, 2.75) is 31.0 Å². The van der Waals surface area contributed by atoms with Crippen LogP contribution in [-0.4, -0.2) is 30.3 Å². The Balaban J connectivity index is 1.70. The summed E-state index contributed by atoms with van der Waals surface area (Å²) in [5.41, 5.74) is 1.02. The maximum absolute atomic E-state index is 13.7. The first-order valence-electron chi connectivity index (χ1n) is 10.9. The van der Waals surface area contributed by atoms with E-state index in [2.05, 4.69) is 0 Å². The normalized spacial score (nSPS) is 12.4. The molecule has 1 heterocycles. The first-order chi connectivity index (χ1) is 17.0. The predicted octanol–water partition coefficient (Wildman–Crippen LogP) is 5.89. The Hall–Kier alpha value is -3.63. The second-order valence-electron chi connectivity index (χ2n) is 8.29. The van der Waals surface area contributed by atoms with Crippen LogP contribution in [0, 0.1) is 6.92 Å². The zero-order valence-electron chi connectivity index (χ0n) is 19.1. The Morgan fingerprint density at radius 1 is 0.972 bits per heavy atom. The topological polar surface area (TPSA) is 87.8 Å². The van der Waals surface area contributed by atoms with E-state index in [0.717, 1.165) is 17.7 Å². The number of aromatic carboxylic acids is 1. The van der Waals surface area contributed by atoms with E-state index < -0.39 is 27.7 Å². The van der Waals surface area contributed by atoms with Crippen molar-refractivity contribution >= 4 is 27.0 Å². The lowest BCUT2D eigenvalue weighted by molar-refractivity contribution is -0.137. The van der Waals surface area contributed by atoms with E-state index >= 15 is 0 Å². The molecule has 0 radical (unpaired) electrons. The van der Waals surface area contributed by atoms with Gasteiger partial charge in [0.2, 0.25) is 15.8 Å². The van der Waals surface area contributed by atoms with Crippen molar-refractivity contribution in [2.24, 2.45) is 0 Å². The molecule has 0 aliphatic carbocycles. The number of carbonyl (C=O) groups is 1. The molecule has 0 unspecified atom stereocenters. The van der Waals surface area contributed by atoms with Crippen LogP contribution in [0.15, 0.2) is 82.1 Å². The Labute approximate surface area is 205 Å².